The number of hydrogen-bond donors (Lipinski definition) is 2. The first-order chi connectivity index (χ1) is 9.56. The summed E-state index contributed by atoms with van der Waals surface area (Å²) in [6.45, 7) is 0.978. The maximum Gasteiger partial charge on any atom is 0.160 e. The normalized spacial score (nSPS) is 29.1. The molecule has 2 aliphatic rings. The Balaban J connectivity index is 2.07. The van der Waals surface area contributed by atoms with E-state index < -0.39 is 0 Å². The predicted octanol–water partition coefficient (Wildman–Crippen LogP) is 2.01. The average Bonchev–Trinajstić information content (AvgIpc) is 2.77. The van der Waals surface area contributed by atoms with Crippen LogP contribution in [0.3, 0.4) is 0 Å². The SMILES string of the molecule is COc1ccc([C@@]23CC[C@H](O)C=C2N(C)CC3)cc1O. The highest BCUT2D eigenvalue weighted by Gasteiger charge is 2.45. The van der Waals surface area contributed by atoms with E-state index in [1.807, 2.05) is 24.3 Å². The van der Waals surface area contributed by atoms with Crippen LogP contribution in [0.15, 0.2) is 30.0 Å². The summed E-state index contributed by atoms with van der Waals surface area (Å²) >= 11 is 0. The highest BCUT2D eigenvalue weighted by atomic mass is 16.5. The van der Waals surface area contributed by atoms with E-state index in [0.29, 0.717) is 5.75 Å². The van der Waals surface area contributed by atoms with Gasteiger partial charge < -0.3 is 19.8 Å². The third kappa shape index (κ3) is 1.86. The molecule has 1 aromatic carbocycles. The van der Waals surface area contributed by atoms with Gasteiger partial charge in [0, 0.05) is 24.7 Å². The smallest absolute Gasteiger partial charge is 0.160 e. The molecule has 3 rings (SSSR count). The number of hydrogen-bond acceptors (Lipinski definition) is 4. The second-order valence-corrected chi connectivity index (χ2v) is 5.80. The Bertz CT molecular complexity index is 555. The molecule has 2 N–H and O–H groups in total. The van der Waals surface area contributed by atoms with Crippen LogP contribution in [0.2, 0.25) is 0 Å². The Kier molecular flexibility index (Phi) is 3.13. The van der Waals surface area contributed by atoms with Gasteiger partial charge in [-0.15, -0.1) is 0 Å². The van der Waals surface area contributed by atoms with Crippen LogP contribution in [0.1, 0.15) is 24.8 Å². The number of benzene rings is 1. The van der Waals surface area contributed by atoms with Gasteiger partial charge >= 0.3 is 0 Å². The van der Waals surface area contributed by atoms with E-state index in [1.54, 1.807) is 7.11 Å². The van der Waals surface area contributed by atoms with Gasteiger partial charge in [-0.1, -0.05) is 6.07 Å². The van der Waals surface area contributed by atoms with Crippen LogP contribution < -0.4 is 4.74 Å². The van der Waals surface area contributed by atoms with Crippen LogP contribution in [-0.2, 0) is 5.41 Å². The molecule has 0 unspecified atom stereocenters. The van der Waals surface area contributed by atoms with Gasteiger partial charge in [0.1, 0.15) is 0 Å². The minimum absolute atomic E-state index is 0.0717. The van der Waals surface area contributed by atoms with Crippen molar-refractivity contribution in [3.63, 3.8) is 0 Å². The summed E-state index contributed by atoms with van der Waals surface area (Å²) in [6.07, 6.45) is 4.32. The van der Waals surface area contributed by atoms with E-state index in [1.165, 1.54) is 5.70 Å². The third-order valence-electron chi connectivity index (χ3n) is 4.72. The molecule has 0 bridgehead atoms. The fraction of sp³-hybridized carbons (Fsp3) is 0.500. The number of likely N-dealkylation sites (N-methyl/N-ethyl adjacent to an activating group) is 1. The van der Waals surface area contributed by atoms with Crippen LogP contribution >= 0.6 is 0 Å². The number of aromatic hydroxyl groups is 1. The van der Waals surface area contributed by atoms with Crippen molar-refractivity contribution < 1.29 is 14.9 Å². The first kappa shape index (κ1) is 13.3. The van der Waals surface area contributed by atoms with Gasteiger partial charge in [0.25, 0.3) is 0 Å². The summed E-state index contributed by atoms with van der Waals surface area (Å²) in [4.78, 5) is 2.21. The lowest BCUT2D eigenvalue weighted by Crippen LogP contribution is -2.33. The van der Waals surface area contributed by atoms with E-state index in [0.717, 1.165) is 31.4 Å². The number of phenols is 1. The molecular formula is C16H21NO3. The van der Waals surface area contributed by atoms with Crippen molar-refractivity contribution in [1.29, 1.82) is 0 Å². The first-order valence-corrected chi connectivity index (χ1v) is 7.06. The number of likely N-dealkylation sites (tertiary alicyclic amines) is 1. The molecule has 20 heavy (non-hydrogen) atoms. The fourth-order valence-electron chi connectivity index (χ4n) is 3.60. The van der Waals surface area contributed by atoms with E-state index in [2.05, 4.69) is 11.9 Å². The minimum Gasteiger partial charge on any atom is -0.504 e. The van der Waals surface area contributed by atoms with E-state index in [-0.39, 0.29) is 17.3 Å². The fourth-order valence-corrected chi connectivity index (χ4v) is 3.60. The lowest BCUT2D eigenvalue weighted by Gasteiger charge is -2.37. The van der Waals surface area contributed by atoms with Crippen LogP contribution in [0.4, 0.5) is 0 Å². The monoisotopic (exact) mass is 275 g/mol. The summed E-state index contributed by atoms with van der Waals surface area (Å²) in [5.41, 5.74) is 2.22. The van der Waals surface area contributed by atoms with E-state index >= 15 is 0 Å². The predicted molar refractivity (Wildman–Crippen MR) is 76.9 cm³/mol. The molecule has 2 atom stereocenters. The first-order valence-electron chi connectivity index (χ1n) is 7.06. The quantitative estimate of drug-likeness (QED) is 0.867. The summed E-state index contributed by atoms with van der Waals surface area (Å²) < 4.78 is 5.12. The largest absolute Gasteiger partial charge is 0.504 e. The number of aliphatic hydroxyl groups excluding tert-OH is 1. The van der Waals surface area contributed by atoms with Crippen molar-refractivity contribution >= 4 is 0 Å². The molecule has 1 aliphatic carbocycles. The zero-order valence-electron chi connectivity index (χ0n) is 12.0. The van der Waals surface area contributed by atoms with Crippen LogP contribution in [0.25, 0.3) is 0 Å². The molecule has 1 heterocycles. The van der Waals surface area contributed by atoms with Crippen LogP contribution in [0.5, 0.6) is 11.5 Å². The van der Waals surface area contributed by atoms with Gasteiger partial charge in [-0.25, -0.2) is 0 Å². The Morgan fingerprint density at radius 1 is 1.35 bits per heavy atom. The Morgan fingerprint density at radius 3 is 2.85 bits per heavy atom. The molecule has 4 heteroatoms. The average molecular weight is 275 g/mol. The van der Waals surface area contributed by atoms with Crippen molar-refractivity contribution in [2.24, 2.45) is 0 Å². The second kappa shape index (κ2) is 4.70. The van der Waals surface area contributed by atoms with E-state index in [9.17, 15) is 10.2 Å². The third-order valence-corrected chi connectivity index (χ3v) is 4.72. The molecule has 4 nitrogen and oxygen atoms in total. The van der Waals surface area contributed by atoms with Crippen molar-refractivity contribution in [2.75, 3.05) is 20.7 Å². The number of phenolic OH excluding ortho intramolecular Hbond substituents is 1. The van der Waals surface area contributed by atoms with E-state index in [4.69, 9.17) is 4.74 Å². The van der Waals surface area contributed by atoms with Gasteiger partial charge in [-0.3, -0.25) is 0 Å². The van der Waals surface area contributed by atoms with Crippen molar-refractivity contribution in [2.45, 2.75) is 30.8 Å². The molecule has 1 aromatic rings. The molecule has 1 aliphatic heterocycles. The maximum absolute atomic E-state index is 10.0. The van der Waals surface area contributed by atoms with Crippen molar-refractivity contribution in [1.82, 2.24) is 4.90 Å². The molecule has 1 fully saturated rings. The van der Waals surface area contributed by atoms with Crippen molar-refractivity contribution in [3.05, 3.63) is 35.5 Å². The Labute approximate surface area is 119 Å². The molecule has 0 saturated carbocycles. The van der Waals surface area contributed by atoms with Gasteiger partial charge in [0.05, 0.1) is 13.2 Å². The topological polar surface area (TPSA) is 52.9 Å². The standard InChI is InChI=1S/C16H21NO3/c1-17-8-7-16(6-5-12(18)10-15(16)17)11-3-4-14(20-2)13(19)9-11/h3-4,9-10,12,18-19H,5-8H2,1-2H3/t12-,16-/m0/s1. The molecule has 108 valence electrons. The number of fused-ring (bicyclic) bond motifs is 1. The lowest BCUT2D eigenvalue weighted by molar-refractivity contribution is 0.181. The molecular weight excluding hydrogens is 254 g/mol. The van der Waals surface area contributed by atoms with Gasteiger partial charge in [-0.05, 0) is 43.0 Å². The molecule has 0 aromatic heterocycles. The van der Waals surface area contributed by atoms with Gasteiger partial charge in [-0.2, -0.15) is 0 Å². The Hall–Kier alpha value is -1.68. The molecule has 0 amide bonds. The minimum atomic E-state index is -0.356. The zero-order valence-corrected chi connectivity index (χ0v) is 12.0. The lowest BCUT2D eigenvalue weighted by atomic mass is 9.70. The number of rotatable bonds is 2. The van der Waals surface area contributed by atoms with Gasteiger partial charge in [0.2, 0.25) is 0 Å². The summed E-state index contributed by atoms with van der Waals surface area (Å²) in [6, 6.07) is 5.66. The summed E-state index contributed by atoms with van der Waals surface area (Å²) in [5, 5.41) is 19.9. The highest BCUT2D eigenvalue weighted by Crippen LogP contribution is 2.49. The molecule has 0 spiro atoms. The number of allylic oxidation sites excluding steroid dienone is 1. The number of ether oxygens (including phenoxy) is 1. The zero-order chi connectivity index (χ0) is 14.3. The van der Waals surface area contributed by atoms with Crippen LogP contribution in [0, 0.1) is 0 Å². The second-order valence-electron chi connectivity index (χ2n) is 5.80. The Morgan fingerprint density at radius 2 is 2.15 bits per heavy atom. The van der Waals surface area contributed by atoms with Crippen LogP contribution in [-0.4, -0.2) is 41.9 Å². The number of aliphatic hydroxyl groups is 1. The number of nitrogens with zero attached hydrogens (tertiary/aromatic N) is 1. The summed E-state index contributed by atoms with van der Waals surface area (Å²) in [7, 11) is 3.62. The summed E-state index contributed by atoms with van der Waals surface area (Å²) in [5.74, 6) is 0.678. The maximum atomic E-state index is 10.0. The molecule has 1 saturated heterocycles. The van der Waals surface area contributed by atoms with Gasteiger partial charge in [0.15, 0.2) is 11.5 Å². The highest BCUT2D eigenvalue weighted by molar-refractivity contribution is 5.48. The van der Waals surface area contributed by atoms with Crippen molar-refractivity contribution in [3.8, 4) is 11.5 Å². The number of methoxy groups -OCH3 is 1. The molecule has 0 radical (unpaired) electrons.